The maximum absolute atomic E-state index is 14.7. The summed E-state index contributed by atoms with van der Waals surface area (Å²) in [5, 5.41) is 11.5. The fourth-order valence-corrected chi connectivity index (χ4v) is 6.88. The summed E-state index contributed by atoms with van der Waals surface area (Å²) in [5.74, 6) is -3.75. The molecule has 51 heavy (non-hydrogen) atoms. The normalized spacial score (nSPS) is 17.9. The van der Waals surface area contributed by atoms with Gasteiger partial charge in [0.2, 0.25) is 23.5 Å². The second-order valence-electron chi connectivity index (χ2n) is 15.4. The molecule has 0 aliphatic heterocycles. The zero-order valence-corrected chi connectivity index (χ0v) is 31.8. The minimum absolute atomic E-state index is 0.00275. The van der Waals surface area contributed by atoms with Gasteiger partial charge in [-0.25, -0.2) is 4.98 Å². The molecule has 0 bridgehead atoms. The van der Waals surface area contributed by atoms with Crippen LogP contribution in [0, 0.1) is 17.3 Å². The molecule has 1 aromatic heterocycles. The van der Waals surface area contributed by atoms with Crippen molar-refractivity contribution in [2.45, 2.75) is 156 Å². The van der Waals surface area contributed by atoms with Crippen LogP contribution in [0.1, 0.15) is 136 Å². The van der Waals surface area contributed by atoms with Gasteiger partial charge < -0.3 is 26.2 Å². The summed E-state index contributed by atoms with van der Waals surface area (Å²) in [7, 11) is 0. The molecule has 13 heteroatoms. The fraction of sp³-hybridized carbons (Fsp3) is 0.737. The van der Waals surface area contributed by atoms with Gasteiger partial charge in [-0.1, -0.05) is 80.1 Å². The molecular weight excluding hydrogens is 650 g/mol. The van der Waals surface area contributed by atoms with Gasteiger partial charge in [0.15, 0.2) is 0 Å². The first-order valence-corrected chi connectivity index (χ1v) is 19.1. The van der Waals surface area contributed by atoms with Crippen LogP contribution in [0.25, 0.3) is 0 Å². The van der Waals surface area contributed by atoms with Gasteiger partial charge in [0.25, 0.3) is 11.8 Å². The van der Waals surface area contributed by atoms with Crippen molar-refractivity contribution in [3.8, 4) is 0 Å². The zero-order valence-electron chi connectivity index (χ0n) is 31.8. The van der Waals surface area contributed by atoms with Crippen LogP contribution in [-0.4, -0.2) is 86.9 Å². The van der Waals surface area contributed by atoms with Crippen LogP contribution in [0.5, 0.6) is 0 Å². The highest BCUT2D eigenvalue weighted by Crippen LogP contribution is 2.29. The third-order valence-corrected chi connectivity index (χ3v) is 10.0. The Kier molecular flexibility index (Phi) is 16.0. The number of likely N-dealkylation sites (N-methyl/N-ethyl adjacent to an activating group) is 1. The number of rotatable bonds is 19. The van der Waals surface area contributed by atoms with E-state index in [9.17, 15) is 28.8 Å². The van der Waals surface area contributed by atoms with E-state index in [-0.39, 0.29) is 36.5 Å². The van der Waals surface area contributed by atoms with Crippen LogP contribution in [0.4, 0.5) is 0 Å². The molecule has 5 amide bonds. The quantitative estimate of drug-likeness (QED) is 0.156. The van der Waals surface area contributed by atoms with Crippen LogP contribution in [0.3, 0.4) is 0 Å². The number of carbonyl (C=O) groups excluding carboxylic acids is 6. The zero-order chi connectivity index (χ0) is 37.7. The number of ketones is 1. The minimum atomic E-state index is -1.05. The van der Waals surface area contributed by atoms with E-state index in [2.05, 4.69) is 38.2 Å². The Balaban J connectivity index is 1.91. The second kappa shape index (κ2) is 19.6. The highest BCUT2D eigenvalue weighted by atomic mass is 16.2. The molecule has 13 nitrogen and oxygen atoms in total. The Morgan fingerprint density at radius 2 is 1.55 bits per heavy atom. The molecule has 1 aromatic rings. The van der Waals surface area contributed by atoms with Gasteiger partial charge in [0.1, 0.15) is 23.8 Å². The number of aromatic nitrogens is 2. The van der Waals surface area contributed by atoms with Crippen molar-refractivity contribution >= 4 is 35.3 Å². The summed E-state index contributed by atoms with van der Waals surface area (Å²) >= 11 is 0. The summed E-state index contributed by atoms with van der Waals surface area (Å²) in [6, 6.07) is -3.94. The van der Waals surface area contributed by atoms with E-state index in [1.807, 2.05) is 34.6 Å². The van der Waals surface area contributed by atoms with Gasteiger partial charge in [-0.15, -0.1) is 0 Å². The maximum atomic E-state index is 14.7. The molecular formula is C38H61N7O6. The van der Waals surface area contributed by atoms with Crippen molar-refractivity contribution in [2.24, 2.45) is 17.3 Å². The monoisotopic (exact) mass is 711 g/mol. The van der Waals surface area contributed by atoms with E-state index in [1.54, 1.807) is 6.92 Å². The van der Waals surface area contributed by atoms with Crippen LogP contribution in [0.15, 0.2) is 18.6 Å². The molecule has 0 radical (unpaired) electrons. The van der Waals surface area contributed by atoms with Crippen molar-refractivity contribution in [2.75, 3.05) is 6.54 Å². The molecule has 1 unspecified atom stereocenters. The molecule has 0 spiro atoms. The molecule has 2 saturated carbocycles. The van der Waals surface area contributed by atoms with Gasteiger partial charge in [-0.05, 0) is 62.7 Å². The summed E-state index contributed by atoms with van der Waals surface area (Å²) < 4.78 is 0. The maximum Gasteiger partial charge on any atom is 0.289 e. The van der Waals surface area contributed by atoms with Crippen molar-refractivity contribution in [1.29, 1.82) is 0 Å². The van der Waals surface area contributed by atoms with Crippen molar-refractivity contribution in [3.63, 3.8) is 0 Å². The molecule has 3 rings (SSSR count). The highest BCUT2D eigenvalue weighted by Gasteiger charge is 2.44. The van der Waals surface area contributed by atoms with Gasteiger partial charge >= 0.3 is 0 Å². The Bertz CT molecular complexity index is 1340. The Labute approximate surface area is 303 Å². The van der Waals surface area contributed by atoms with Crippen molar-refractivity contribution in [3.05, 3.63) is 24.3 Å². The standard InChI is InChI=1S/C38H61N7O6/c1-8-11-16-24(4)30(35(49)42-27(15-9-2)31(46)36(50)41-26-19-20-26)45(10-3)37(51)32(38(5,6)7)44-34(48)29(25-17-13-12-14-18-25)43-33(47)28-23-39-21-22-40-28/h21-27,29-30,32H,8-20H2,1-7H3,(H,41,50)(H,42,49)(H,43,47)(H,44,48)/t24?,27-,29-,30-,32+/m0/s1. The first kappa shape index (κ1) is 41.5. The lowest BCUT2D eigenvalue weighted by molar-refractivity contribution is -0.148. The molecule has 2 fully saturated rings. The molecule has 2 aliphatic rings. The Hall–Kier alpha value is -3.90. The Morgan fingerprint density at radius 1 is 0.863 bits per heavy atom. The number of amides is 5. The number of nitrogens with zero attached hydrogens (tertiary/aromatic N) is 3. The number of hydrogen-bond acceptors (Lipinski definition) is 8. The van der Waals surface area contributed by atoms with E-state index >= 15 is 0 Å². The molecule has 284 valence electrons. The lowest BCUT2D eigenvalue weighted by Gasteiger charge is -2.41. The lowest BCUT2D eigenvalue weighted by atomic mass is 9.81. The lowest BCUT2D eigenvalue weighted by Crippen LogP contribution is -2.64. The average Bonchev–Trinajstić information content (AvgIpc) is 3.93. The van der Waals surface area contributed by atoms with E-state index in [4.69, 9.17) is 0 Å². The Morgan fingerprint density at radius 3 is 2.10 bits per heavy atom. The first-order valence-electron chi connectivity index (χ1n) is 19.1. The third-order valence-electron chi connectivity index (χ3n) is 10.0. The smallest absolute Gasteiger partial charge is 0.289 e. The van der Waals surface area contributed by atoms with Gasteiger partial charge in [-0.3, -0.25) is 33.8 Å². The number of hydrogen-bond donors (Lipinski definition) is 4. The fourth-order valence-electron chi connectivity index (χ4n) is 6.88. The third kappa shape index (κ3) is 12.1. The van der Waals surface area contributed by atoms with Crippen LogP contribution >= 0.6 is 0 Å². The molecule has 4 N–H and O–H groups in total. The molecule has 1 heterocycles. The summed E-state index contributed by atoms with van der Waals surface area (Å²) in [6.07, 6.45) is 13.5. The molecule has 0 saturated heterocycles. The van der Waals surface area contributed by atoms with Crippen LogP contribution in [0.2, 0.25) is 0 Å². The summed E-state index contributed by atoms with van der Waals surface area (Å²) in [4.78, 5) is 91.8. The summed E-state index contributed by atoms with van der Waals surface area (Å²) in [5.41, 5.74) is -0.687. The van der Waals surface area contributed by atoms with E-state index < -0.39 is 64.9 Å². The second-order valence-corrected chi connectivity index (χ2v) is 15.4. The van der Waals surface area contributed by atoms with E-state index in [0.29, 0.717) is 12.8 Å². The van der Waals surface area contributed by atoms with Gasteiger partial charge in [0, 0.05) is 25.0 Å². The number of nitrogens with one attached hydrogen (secondary N) is 4. The summed E-state index contributed by atoms with van der Waals surface area (Å²) in [6.45, 7) is 13.3. The molecule has 0 aromatic carbocycles. The van der Waals surface area contributed by atoms with Gasteiger partial charge in [-0.2, -0.15) is 0 Å². The SMILES string of the molecule is CCCCC(C)[C@@H](C(=O)N[C@@H](CCC)C(=O)C(=O)NC1CC1)N(CC)C(=O)[C@@H](NC(=O)[C@@H](NC(=O)c1cnccn1)C1CCCCC1)C(C)(C)C. The highest BCUT2D eigenvalue weighted by molar-refractivity contribution is 6.38. The van der Waals surface area contributed by atoms with E-state index in [0.717, 1.165) is 57.8 Å². The van der Waals surface area contributed by atoms with Crippen molar-refractivity contribution < 1.29 is 28.8 Å². The first-order chi connectivity index (χ1) is 24.2. The van der Waals surface area contributed by atoms with E-state index in [1.165, 1.54) is 23.5 Å². The number of Topliss-reactive ketones (excluding diaryl/α,β-unsaturated/α-hetero) is 1. The number of carbonyl (C=O) groups is 6. The van der Waals surface area contributed by atoms with Gasteiger partial charge in [0.05, 0.1) is 12.2 Å². The average molecular weight is 712 g/mol. The largest absolute Gasteiger partial charge is 0.347 e. The topological polar surface area (TPSA) is 180 Å². The van der Waals surface area contributed by atoms with Crippen molar-refractivity contribution in [1.82, 2.24) is 36.1 Å². The van der Waals surface area contributed by atoms with Crippen LogP contribution in [-0.2, 0) is 24.0 Å². The van der Waals surface area contributed by atoms with Crippen LogP contribution < -0.4 is 21.3 Å². The predicted octanol–water partition coefficient (Wildman–Crippen LogP) is 3.86. The predicted molar refractivity (Wildman–Crippen MR) is 194 cm³/mol. The number of unbranched alkanes of at least 4 members (excludes halogenated alkanes) is 1. The molecule has 5 atom stereocenters. The molecule has 2 aliphatic carbocycles. The minimum Gasteiger partial charge on any atom is -0.347 e.